The van der Waals surface area contributed by atoms with Gasteiger partial charge in [-0.25, -0.2) is 4.98 Å². The van der Waals surface area contributed by atoms with Crippen molar-refractivity contribution in [2.24, 2.45) is 5.73 Å². The number of benzene rings is 1. The lowest BCUT2D eigenvalue weighted by Gasteiger charge is -2.07. The van der Waals surface area contributed by atoms with Crippen LogP contribution in [0.5, 0.6) is 0 Å². The maximum absolute atomic E-state index is 11.9. The highest BCUT2D eigenvalue weighted by Crippen LogP contribution is 2.19. The third-order valence-corrected chi connectivity index (χ3v) is 4.79. The number of carbonyl (C=O) groups is 2. The zero-order chi connectivity index (χ0) is 16.8. The second-order valence-corrected chi connectivity index (χ2v) is 6.66. The fourth-order valence-electron chi connectivity index (χ4n) is 1.83. The molecule has 2 rings (SSSR count). The molecule has 9 heteroatoms. The van der Waals surface area contributed by atoms with E-state index in [0.717, 1.165) is 15.0 Å². The Morgan fingerprint density at radius 3 is 2.79 bits per heavy atom. The molecule has 0 aliphatic rings. The van der Waals surface area contributed by atoms with Crippen LogP contribution in [0.2, 0.25) is 0 Å². The van der Waals surface area contributed by atoms with Crippen LogP contribution in [-0.2, 0) is 11.2 Å². The first-order valence-corrected chi connectivity index (χ1v) is 8.65. The van der Waals surface area contributed by atoms with Gasteiger partial charge in [-0.3, -0.25) is 9.59 Å². The average Bonchev–Trinajstić information content (AvgIpc) is 2.98. The van der Waals surface area contributed by atoms with Crippen molar-refractivity contribution in [3.8, 4) is 0 Å². The van der Waals surface area contributed by atoms with Crippen LogP contribution in [0.15, 0.2) is 28.1 Å². The van der Waals surface area contributed by atoms with Crippen molar-refractivity contribution in [3.05, 3.63) is 44.3 Å². The number of amides is 2. The van der Waals surface area contributed by atoms with Crippen molar-refractivity contribution in [1.29, 1.82) is 0 Å². The number of nitrogens with two attached hydrogens (primary N) is 1. The number of halogens is 2. The molecule has 2 amide bonds. The van der Waals surface area contributed by atoms with Crippen molar-refractivity contribution >= 4 is 57.2 Å². The van der Waals surface area contributed by atoms with Crippen LogP contribution in [-0.4, -0.2) is 29.9 Å². The summed E-state index contributed by atoms with van der Waals surface area (Å²) in [5.41, 5.74) is 7.46. The standard InChI is InChI=1S/C15H17BrN4O2S.ClH/c1-9-6-10(2-3-11(9)16)19-13(21)7-18-15(22)12-8-23-14(20-12)4-5-17;/h2-3,6,8H,4-5,7,17H2,1H3,(H,18,22)(H,19,21);1H. The number of hydrogen-bond acceptors (Lipinski definition) is 5. The molecule has 0 atom stereocenters. The SMILES string of the molecule is Cc1cc(NC(=O)CNC(=O)c2csc(CCN)n2)ccc1Br.Cl. The Balaban J connectivity index is 0.00000288. The first-order valence-electron chi connectivity index (χ1n) is 6.98. The molecular formula is C15H18BrClN4O2S. The molecular weight excluding hydrogens is 416 g/mol. The van der Waals surface area contributed by atoms with Crippen molar-refractivity contribution in [2.45, 2.75) is 13.3 Å². The molecule has 2 aromatic rings. The predicted octanol–water partition coefficient (Wildman–Crippen LogP) is 2.51. The monoisotopic (exact) mass is 432 g/mol. The Morgan fingerprint density at radius 2 is 2.12 bits per heavy atom. The topological polar surface area (TPSA) is 97.1 Å². The van der Waals surface area contributed by atoms with Crippen LogP contribution >= 0.6 is 39.7 Å². The van der Waals surface area contributed by atoms with Gasteiger partial charge in [-0.1, -0.05) is 15.9 Å². The number of nitrogens with zero attached hydrogens (tertiary/aromatic N) is 1. The highest BCUT2D eigenvalue weighted by molar-refractivity contribution is 9.10. The van der Waals surface area contributed by atoms with Gasteiger partial charge < -0.3 is 16.4 Å². The van der Waals surface area contributed by atoms with Crippen molar-refractivity contribution < 1.29 is 9.59 Å². The smallest absolute Gasteiger partial charge is 0.271 e. The molecule has 0 radical (unpaired) electrons. The van der Waals surface area contributed by atoms with Gasteiger partial charge in [0.25, 0.3) is 5.91 Å². The predicted molar refractivity (Wildman–Crippen MR) is 102 cm³/mol. The fourth-order valence-corrected chi connectivity index (χ4v) is 2.87. The van der Waals surface area contributed by atoms with E-state index in [1.54, 1.807) is 11.4 Å². The highest BCUT2D eigenvalue weighted by atomic mass is 79.9. The van der Waals surface area contributed by atoms with E-state index in [9.17, 15) is 9.59 Å². The van der Waals surface area contributed by atoms with E-state index in [1.165, 1.54) is 11.3 Å². The molecule has 0 spiro atoms. The minimum absolute atomic E-state index is 0. The van der Waals surface area contributed by atoms with E-state index >= 15 is 0 Å². The van der Waals surface area contributed by atoms with Crippen LogP contribution < -0.4 is 16.4 Å². The minimum Gasteiger partial charge on any atom is -0.342 e. The summed E-state index contributed by atoms with van der Waals surface area (Å²) in [6, 6.07) is 5.50. The Labute approximate surface area is 158 Å². The number of rotatable bonds is 6. The van der Waals surface area contributed by atoms with Crippen molar-refractivity contribution in [3.63, 3.8) is 0 Å². The third-order valence-electron chi connectivity index (χ3n) is 2.99. The van der Waals surface area contributed by atoms with Gasteiger partial charge in [0.2, 0.25) is 5.91 Å². The summed E-state index contributed by atoms with van der Waals surface area (Å²) in [5.74, 6) is -0.663. The van der Waals surface area contributed by atoms with Gasteiger partial charge in [0.1, 0.15) is 5.69 Å². The van der Waals surface area contributed by atoms with Gasteiger partial charge in [0, 0.05) is 22.0 Å². The molecule has 1 heterocycles. The Bertz CT molecular complexity index is 723. The Kier molecular flexibility index (Phi) is 8.34. The molecule has 1 aromatic heterocycles. The van der Waals surface area contributed by atoms with Crippen LogP contribution in [0.1, 0.15) is 21.1 Å². The number of aryl methyl sites for hydroxylation is 1. The third kappa shape index (κ3) is 5.86. The summed E-state index contributed by atoms with van der Waals surface area (Å²) in [6.45, 7) is 2.31. The van der Waals surface area contributed by atoms with Gasteiger partial charge in [-0.2, -0.15) is 0 Å². The highest BCUT2D eigenvalue weighted by Gasteiger charge is 2.12. The molecule has 4 N–H and O–H groups in total. The average molecular weight is 434 g/mol. The lowest BCUT2D eigenvalue weighted by atomic mass is 10.2. The summed E-state index contributed by atoms with van der Waals surface area (Å²) in [7, 11) is 0. The number of hydrogen-bond donors (Lipinski definition) is 3. The normalized spacial score (nSPS) is 9.96. The molecule has 0 bridgehead atoms. The van der Waals surface area contributed by atoms with Crippen LogP contribution in [0.25, 0.3) is 0 Å². The molecule has 130 valence electrons. The molecule has 24 heavy (non-hydrogen) atoms. The lowest BCUT2D eigenvalue weighted by Crippen LogP contribution is -2.33. The second-order valence-electron chi connectivity index (χ2n) is 4.86. The van der Waals surface area contributed by atoms with Gasteiger partial charge in [-0.05, 0) is 37.2 Å². The molecule has 0 aliphatic heterocycles. The summed E-state index contributed by atoms with van der Waals surface area (Å²) < 4.78 is 0.973. The van der Waals surface area contributed by atoms with Crippen LogP contribution in [0, 0.1) is 6.92 Å². The van der Waals surface area contributed by atoms with Crippen LogP contribution in [0.3, 0.4) is 0 Å². The van der Waals surface area contributed by atoms with E-state index < -0.39 is 0 Å². The van der Waals surface area contributed by atoms with E-state index in [1.807, 2.05) is 19.1 Å². The maximum Gasteiger partial charge on any atom is 0.271 e. The van der Waals surface area contributed by atoms with Crippen molar-refractivity contribution in [2.75, 3.05) is 18.4 Å². The quantitative estimate of drug-likeness (QED) is 0.652. The summed E-state index contributed by atoms with van der Waals surface area (Å²) in [5, 5.41) is 7.76. The number of nitrogens with one attached hydrogen (secondary N) is 2. The van der Waals surface area contributed by atoms with Gasteiger partial charge in [0.15, 0.2) is 0 Å². The van der Waals surface area contributed by atoms with E-state index in [4.69, 9.17) is 5.73 Å². The molecule has 0 saturated carbocycles. The van der Waals surface area contributed by atoms with E-state index in [-0.39, 0.29) is 30.8 Å². The Morgan fingerprint density at radius 1 is 1.38 bits per heavy atom. The number of anilines is 1. The molecule has 6 nitrogen and oxygen atoms in total. The molecule has 0 saturated heterocycles. The van der Waals surface area contributed by atoms with Gasteiger partial charge in [0.05, 0.1) is 11.6 Å². The number of thiazole rings is 1. The Hall–Kier alpha value is -1.48. The van der Waals surface area contributed by atoms with Gasteiger partial charge >= 0.3 is 0 Å². The molecule has 0 unspecified atom stereocenters. The summed E-state index contributed by atoms with van der Waals surface area (Å²) >= 11 is 4.79. The minimum atomic E-state index is -0.369. The number of carbonyl (C=O) groups excluding carboxylic acids is 2. The molecule has 1 aromatic carbocycles. The summed E-state index contributed by atoms with van der Waals surface area (Å²) in [6.07, 6.45) is 0.640. The first-order chi connectivity index (χ1) is 11.0. The molecule has 0 fully saturated rings. The van der Waals surface area contributed by atoms with Crippen LogP contribution in [0.4, 0.5) is 5.69 Å². The number of aromatic nitrogens is 1. The lowest BCUT2D eigenvalue weighted by molar-refractivity contribution is -0.115. The summed E-state index contributed by atoms with van der Waals surface area (Å²) in [4.78, 5) is 28.0. The fraction of sp³-hybridized carbons (Fsp3) is 0.267. The maximum atomic E-state index is 11.9. The molecule has 0 aliphatic carbocycles. The van der Waals surface area contributed by atoms with E-state index in [2.05, 4.69) is 31.5 Å². The zero-order valence-electron chi connectivity index (χ0n) is 13.0. The van der Waals surface area contributed by atoms with Gasteiger partial charge in [-0.15, -0.1) is 23.7 Å². The largest absolute Gasteiger partial charge is 0.342 e. The first kappa shape index (κ1) is 20.6. The second kappa shape index (κ2) is 9.73. The van der Waals surface area contributed by atoms with Crippen molar-refractivity contribution in [1.82, 2.24) is 10.3 Å². The van der Waals surface area contributed by atoms with E-state index in [0.29, 0.717) is 24.3 Å². The zero-order valence-corrected chi connectivity index (χ0v) is 16.2.